The number of aromatic hydroxyl groups is 1. The highest BCUT2D eigenvalue weighted by Crippen LogP contribution is 2.28. The molecule has 0 spiro atoms. The lowest BCUT2D eigenvalue weighted by atomic mass is 10.1. The first kappa shape index (κ1) is 23.4. The summed E-state index contributed by atoms with van der Waals surface area (Å²) in [5.41, 5.74) is 2.23. The molecule has 0 saturated carbocycles. The van der Waals surface area contributed by atoms with Gasteiger partial charge in [-0.25, -0.2) is 9.59 Å². The molecule has 3 amide bonds. The number of fused-ring (bicyclic) bond motifs is 2. The van der Waals surface area contributed by atoms with Gasteiger partial charge in [0.05, 0.1) is 17.7 Å². The normalized spacial score (nSPS) is 12.6. The van der Waals surface area contributed by atoms with Crippen molar-refractivity contribution in [3.63, 3.8) is 0 Å². The molecule has 35 heavy (non-hydrogen) atoms. The summed E-state index contributed by atoms with van der Waals surface area (Å²) in [6, 6.07) is 7.47. The van der Waals surface area contributed by atoms with Crippen LogP contribution in [0.5, 0.6) is 5.75 Å². The third-order valence-electron chi connectivity index (χ3n) is 5.17. The summed E-state index contributed by atoms with van der Waals surface area (Å²) < 4.78 is 10.0. The van der Waals surface area contributed by atoms with Crippen LogP contribution in [0.25, 0.3) is 16.7 Å². The zero-order chi connectivity index (χ0) is 25.3. The maximum absolute atomic E-state index is 12.2. The molecule has 180 valence electrons. The van der Waals surface area contributed by atoms with Crippen molar-refractivity contribution in [3.05, 3.63) is 59.2 Å². The molecule has 1 aromatic heterocycles. The second kappa shape index (κ2) is 9.25. The van der Waals surface area contributed by atoms with Gasteiger partial charge in [0.1, 0.15) is 35.7 Å². The van der Waals surface area contributed by atoms with E-state index >= 15 is 0 Å². The molecule has 4 rings (SSSR count). The van der Waals surface area contributed by atoms with E-state index in [4.69, 9.17) is 9.47 Å². The van der Waals surface area contributed by atoms with E-state index in [2.05, 4.69) is 22.1 Å². The maximum Gasteiger partial charge on any atom is 0.407 e. The first-order valence-electron chi connectivity index (χ1n) is 10.4. The highest BCUT2D eigenvalue weighted by atomic mass is 16.6. The van der Waals surface area contributed by atoms with Crippen molar-refractivity contribution in [2.75, 3.05) is 20.2 Å². The summed E-state index contributed by atoms with van der Waals surface area (Å²) in [6.07, 6.45) is -0.720. The Labute approximate surface area is 198 Å². The first-order valence-corrected chi connectivity index (χ1v) is 10.4. The van der Waals surface area contributed by atoms with Gasteiger partial charge in [-0.3, -0.25) is 14.5 Å². The number of esters is 1. The lowest BCUT2D eigenvalue weighted by molar-refractivity contribution is -0.138. The lowest BCUT2D eigenvalue weighted by Gasteiger charge is -2.09. The topological polar surface area (TPSA) is 153 Å². The van der Waals surface area contributed by atoms with Crippen LogP contribution in [0.1, 0.15) is 33.2 Å². The number of imide groups is 1. The average Bonchev–Trinajstić information content (AvgIpc) is 3.34. The van der Waals surface area contributed by atoms with Gasteiger partial charge in [0.15, 0.2) is 0 Å². The zero-order valence-corrected chi connectivity index (χ0v) is 18.9. The van der Waals surface area contributed by atoms with E-state index in [9.17, 15) is 24.3 Å². The third kappa shape index (κ3) is 4.67. The van der Waals surface area contributed by atoms with E-state index < -0.39 is 23.9 Å². The van der Waals surface area contributed by atoms with Crippen LogP contribution in [0.3, 0.4) is 0 Å². The number of nitrogens with one attached hydrogen (secondary N) is 1. The van der Waals surface area contributed by atoms with E-state index in [0.717, 1.165) is 4.90 Å². The zero-order valence-electron chi connectivity index (χ0n) is 18.9. The summed E-state index contributed by atoms with van der Waals surface area (Å²) in [5, 5.41) is 21.4. The Hall–Kier alpha value is -4.74. The van der Waals surface area contributed by atoms with Gasteiger partial charge in [0, 0.05) is 12.6 Å². The highest BCUT2D eigenvalue weighted by Gasteiger charge is 2.33. The van der Waals surface area contributed by atoms with Gasteiger partial charge in [-0.15, -0.1) is 15.0 Å². The second-order valence-corrected chi connectivity index (χ2v) is 7.79. The number of benzene rings is 2. The number of ether oxygens (including phenoxy) is 2. The molecule has 12 nitrogen and oxygen atoms in total. The van der Waals surface area contributed by atoms with Crippen molar-refractivity contribution < 1.29 is 33.8 Å². The van der Waals surface area contributed by atoms with E-state index in [-0.39, 0.29) is 47.9 Å². The van der Waals surface area contributed by atoms with Gasteiger partial charge in [-0.05, 0) is 36.8 Å². The Morgan fingerprint density at radius 3 is 2.29 bits per heavy atom. The van der Waals surface area contributed by atoms with Gasteiger partial charge >= 0.3 is 12.1 Å². The van der Waals surface area contributed by atoms with Gasteiger partial charge < -0.3 is 19.9 Å². The Bertz CT molecular complexity index is 1340. The van der Waals surface area contributed by atoms with Crippen LogP contribution in [0.2, 0.25) is 0 Å². The summed E-state index contributed by atoms with van der Waals surface area (Å²) in [5.74, 6) is -1.52. The number of hydrogen-bond donors (Lipinski definition) is 2. The molecule has 0 unspecified atom stereocenters. The number of carbonyl (C=O) groups excluding carboxylic acids is 4. The monoisotopic (exact) mass is 479 g/mol. The highest BCUT2D eigenvalue weighted by molar-refractivity contribution is 6.22. The number of phenolic OH excluding ortho intramolecular Hbond substituents is 1. The molecule has 1 aliphatic heterocycles. The SMILES string of the molecule is C=C(C)C(=O)OCCNC(=O)OCc1ccc(O)c(-n2nc3cc4c(cc3n2)C(=O)N(C)C4=O)c1. The quantitative estimate of drug-likeness (QED) is 0.223. The second-order valence-electron chi connectivity index (χ2n) is 7.79. The number of carbonyl (C=O) groups is 4. The van der Waals surface area contributed by atoms with Crippen molar-refractivity contribution in [3.8, 4) is 11.4 Å². The number of hydrogen-bond acceptors (Lipinski definition) is 9. The van der Waals surface area contributed by atoms with E-state index in [1.54, 1.807) is 6.07 Å². The first-order chi connectivity index (χ1) is 16.7. The van der Waals surface area contributed by atoms with Gasteiger partial charge in [-0.1, -0.05) is 12.6 Å². The summed E-state index contributed by atoms with van der Waals surface area (Å²) >= 11 is 0. The molecule has 0 bridgehead atoms. The molecule has 3 aromatic rings. The molecular formula is C23H21N5O7. The number of alkyl carbamates (subject to hydrolysis) is 1. The van der Waals surface area contributed by atoms with E-state index in [1.807, 2.05) is 0 Å². The predicted molar refractivity (Wildman–Crippen MR) is 121 cm³/mol. The third-order valence-corrected chi connectivity index (χ3v) is 5.17. The Morgan fingerprint density at radius 1 is 1.06 bits per heavy atom. The Balaban J connectivity index is 1.44. The molecule has 12 heteroatoms. The predicted octanol–water partition coefficient (Wildman–Crippen LogP) is 1.70. The fourth-order valence-electron chi connectivity index (χ4n) is 3.32. The molecule has 1 aliphatic rings. The van der Waals surface area contributed by atoms with Crippen molar-refractivity contribution in [2.24, 2.45) is 0 Å². The molecule has 2 N–H and O–H groups in total. The molecule has 0 fully saturated rings. The molecule has 0 aliphatic carbocycles. The summed E-state index contributed by atoms with van der Waals surface area (Å²) in [4.78, 5) is 49.8. The average molecular weight is 479 g/mol. The summed E-state index contributed by atoms with van der Waals surface area (Å²) in [7, 11) is 1.40. The van der Waals surface area contributed by atoms with Crippen molar-refractivity contribution >= 4 is 34.9 Å². The molecule has 2 heterocycles. The summed E-state index contributed by atoms with van der Waals surface area (Å²) in [6.45, 7) is 4.90. The molecule has 0 saturated heterocycles. The van der Waals surface area contributed by atoms with Crippen LogP contribution in [0.15, 0.2) is 42.5 Å². The van der Waals surface area contributed by atoms with Crippen LogP contribution < -0.4 is 5.32 Å². The lowest BCUT2D eigenvalue weighted by Crippen LogP contribution is -2.28. The number of rotatable bonds is 7. The molecule has 2 aromatic carbocycles. The number of phenols is 1. The molecular weight excluding hydrogens is 458 g/mol. The number of aromatic nitrogens is 3. The molecule has 0 atom stereocenters. The van der Waals surface area contributed by atoms with Crippen LogP contribution in [0.4, 0.5) is 4.79 Å². The minimum Gasteiger partial charge on any atom is -0.506 e. The van der Waals surface area contributed by atoms with Gasteiger partial charge in [0.2, 0.25) is 0 Å². The minimum absolute atomic E-state index is 0.0282. The van der Waals surface area contributed by atoms with Crippen LogP contribution >= 0.6 is 0 Å². The van der Waals surface area contributed by atoms with E-state index in [1.165, 1.54) is 43.0 Å². The van der Waals surface area contributed by atoms with Crippen LogP contribution in [-0.2, 0) is 20.9 Å². The number of nitrogens with zero attached hydrogens (tertiary/aromatic N) is 4. The van der Waals surface area contributed by atoms with Crippen LogP contribution in [-0.4, -0.2) is 69.1 Å². The Kier molecular flexibility index (Phi) is 6.19. The fourth-order valence-corrected chi connectivity index (χ4v) is 3.32. The van der Waals surface area contributed by atoms with Crippen molar-refractivity contribution in [2.45, 2.75) is 13.5 Å². The smallest absolute Gasteiger partial charge is 0.407 e. The van der Waals surface area contributed by atoms with Crippen LogP contribution in [0, 0.1) is 0 Å². The minimum atomic E-state index is -0.720. The molecule has 0 radical (unpaired) electrons. The van der Waals surface area contributed by atoms with Gasteiger partial charge in [-0.2, -0.15) is 0 Å². The van der Waals surface area contributed by atoms with Gasteiger partial charge in [0.25, 0.3) is 11.8 Å². The Morgan fingerprint density at radius 2 is 1.69 bits per heavy atom. The van der Waals surface area contributed by atoms with Crippen molar-refractivity contribution in [1.29, 1.82) is 0 Å². The van der Waals surface area contributed by atoms with Crippen molar-refractivity contribution in [1.82, 2.24) is 25.2 Å². The van der Waals surface area contributed by atoms with E-state index in [0.29, 0.717) is 16.6 Å². The largest absolute Gasteiger partial charge is 0.506 e. The standard InChI is InChI=1S/C23H21N5O7/c1-12(2)22(32)34-7-6-24-23(33)35-11-13-4-5-19(29)18(8-13)28-25-16-9-14-15(10-17(16)26-28)21(31)27(3)20(14)30/h4-5,8-10,29H,1,6-7,11H2,2-3H3,(H,24,33). The number of amides is 3. The maximum atomic E-state index is 12.2. The fraction of sp³-hybridized carbons (Fsp3) is 0.217.